The van der Waals surface area contributed by atoms with E-state index in [1.807, 2.05) is 0 Å². The lowest BCUT2D eigenvalue weighted by Crippen LogP contribution is -2.54. The maximum atomic E-state index is 12.9. The molecule has 8 heteroatoms. The van der Waals surface area contributed by atoms with E-state index in [0.29, 0.717) is 39.5 Å². The smallest absolute Gasteiger partial charge is 0.234 e. The molecule has 0 spiro atoms. The number of imide groups is 2. The first-order valence-corrected chi connectivity index (χ1v) is 12.0. The first kappa shape index (κ1) is 19.2. The number of likely N-dealkylation sites (tertiary alicyclic amines) is 2. The van der Waals surface area contributed by atoms with Crippen LogP contribution >= 0.6 is 0 Å². The number of rotatable bonds is 4. The number of fused-ring (bicyclic) bond motifs is 10. The Morgan fingerprint density at radius 3 is 1.09 bits per heavy atom. The van der Waals surface area contributed by atoms with Crippen LogP contribution in [0.2, 0.25) is 0 Å². The Kier molecular flexibility index (Phi) is 3.96. The van der Waals surface area contributed by atoms with Crippen molar-refractivity contribution in [1.29, 1.82) is 0 Å². The zero-order valence-corrected chi connectivity index (χ0v) is 18.0. The van der Waals surface area contributed by atoms with Gasteiger partial charge in [-0.25, -0.2) is 0 Å². The maximum absolute atomic E-state index is 12.9. The van der Waals surface area contributed by atoms with Crippen LogP contribution in [0.15, 0.2) is 24.3 Å². The van der Waals surface area contributed by atoms with Crippen LogP contribution in [0.25, 0.3) is 0 Å². The fraction of sp³-hybridized carbons (Fsp3) is 0.667. The van der Waals surface area contributed by atoms with Gasteiger partial charge in [-0.1, -0.05) is 24.3 Å². The van der Waals surface area contributed by atoms with Crippen LogP contribution in [-0.4, -0.2) is 82.7 Å². The van der Waals surface area contributed by atoms with Crippen molar-refractivity contribution in [1.82, 2.24) is 19.6 Å². The monoisotopic (exact) mass is 436 g/mol. The SMILES string of the molecule is O=C1[C@@H]2[C@H](C(=O)N1CN1CCN(CN3C(=O)[C@@H]4[C@@H](C3=O)[C@H]3C=C[C@H]4C3)CC1)[C@@H]1C=C[C@@H]2C1. The van der Waals surface area contributed by atoms with E-state index in [-0.39, 0.29) is 71.0 Å². The molecule has 7 rings (SSSR count). The highest BCUT2D eigenvalue weighted by molar-refractivity contribution is 6.07. The molecule has 0 N–H and O–H groups in total. The van der Waals surface area contributed by atoms with Gasteiger partial charge in [-0.3, -0.25) is 38.8 Å². The summed E-state index contributed by atoms with van der Waals surface area (Å²) in [6.07, 6.45) is 10.4. The predicted molar refractivity (Wildman–Crippen MR) is 112 cm³/mol. The van der Waals surface area contributed by atoms with Crippen LogP contribution in [0.3, 0.4) is 0 Å². The first-order chi connectivity index (χ1) is 15.5. The normalized spacial score (nSPS) is 44.6. The number of nitrogens with zero attached hydrogens (tertiary/aromatic N) is 4. The highest BCUT2D eigenvalue weighted by Gasteiger charge is 2.60. The molecule has 0 aromatic heterocycles. The molecule has 2 saturated carbocycles. The van der Waals surface area contributed by atoms with E-state index in [4.69, 9.17) is 0 Å². The van der Waals surface area contributed by atoms with Crippen LogP contribution in [0.1, 0.15) is 12.8 Å². The number of carbonyl (C=O) groups excluding carboxylic acids is 4. The molecule has 7 aliphatic rings. The van der Waals surface area contributed by atoms with Crippen molar-refractivity contribution in [3.05, 3.63) is 24.3 Å². The molecule has 0 radical (unpaired) electrons. The average molecular weight is 437 g/mol. The summed E-state index contributed by atoms with van der Waals surface area (Å²) in [4.78, 5) is 59.0. The van der Waals surface area contributed by atoms with Crippen LogP contribution in [0.5, 0.6) is 0 Å². The van der Waals surface area contributed by atoms with Crippen molar-refractivity contribution >= 4 is 23.6 Å². The predicted octanol–water partition coefficient (Wildman–Crippen LogP) is 0.133. The number of carbonyl (C=O) groups is 4. The number of piperazine rings is 1. The molecule has 3 aliphatic heterocycles. The minimum absolute atomic E-state index is 0.00215. The van der Waals surface area contributed by atoms with Gasteiger partial charge in [0, 0.05) is 26.2 Å². The summed E-state index contributed by atoms with van der Waals surface area (Å²) < 4.78 is 0. The van der Waals surface area contributed by atoms with Crippen molar-refractivity contribution in [2.75, 3.05) is 39.5 Å². The van der Waals surface area contributed by atoms with Gasteiger partial charge in [-0.15, -0.1) is 0 Å². The Morgan fingerprint density at radius 2 is 0.812 bits per heavy atom. The van der Waals surface area contributed by atoms with Crippen LogP contribution in [0.4, 0.5) is 0 Å². The third-order valence-electron chi connectivity index (χ3n) is 9.27. The lowest BCUT2D eigenvalue weighted by atomic mass is 9.85. The van der Waals surface area contributed by atoms with E-state index in [2.05, 4.69) is 34.1 Å². The van der Waals surface area contributed by atoms with Crippen molar-refractivity contribution in [2.45, 2.75) is 12.8 Å². The van der Waals surface area contributed by atoms with Gasteiger partial charge in [0.25, 0.3) is 0 Å². The van der Waals surface area contributed by atoms with Crippen LogP contribution < -0.4 is 0 Å². The Balaban J connectivity index is 0.956. The Labute approximate surface area is 186 Å². The van der Waals surface area contributed by atoms with Gasteiger partial charge in [-0.2, -0.15) is 0 Å². The molecule has 8 atom stereocenters. The molecule has 0 unspecified atom stereocenters. The quantitative estimate of drug-likeness (QED) is 0.461. The zero-order valence-electron chi connectivity index (χ0n) is 18.0. The summed E-state index contributed by atoms with van der Waals surface area (Å²) >= 11 is 0. The summed E-state index contributed by atoms with van der Waals surface area (Å²) in [5, 5.41) is 0. The molecule has 4 aliphatic carbocycles. The van der Waals surface area contributed by atoms with Crippen molar-refractivity contribution in [3.63, 3.8) is 0 Å². The highest BCUT2D eigenvalue weighted by atomic mass is 16.2. The summed E-state index contributed by atoms with van der Waals surface area (Å²) in [6, 6.07) is 0. The largest absolute Gasteiger partial charge is 0.283 e. The second kappa shape index (κ2) is 6.60. The van der Waals surface area contributed by atoms with E-state index < -0.39 is 0 Å². The lowest BCUT2D eigenvalue weighted by Gasteiger charge is -2.37. The fourth-order valence-corrected chi connectivity index (χ4v) is 7.68. The van der Waals surface area contributed by atoms with Gasteiger partial charge in [-0.05, 0) is 36.5 Å². The van der Waals surface area contributed by atoms with Crippen LogP contribution in [-0.2, 0) is 19.2 Å². The molecule has 32 heavy (non-hydrogen) atoms. The summed E-state index contributed by atoms with van der Waals surface area (Å²) in [7, 11) is 0. The molecule has 0 aromatic carbocycles. The minimum atomic E-state index is -0.143. The summed E-state index contributed by atoms with van der Waals surface area (Å²) in [5.41, 5.74) is 0. The molecular weight excluding hydrogens is 408 g/mol. The molecule has 168 valence electrons. The van der Waals surface area contributed by atoms with Gasteiger partial charge in [0.1, 0.15) is 0 Å². The Hall–Kier alpha value is -2.32. The van der Waals surface area contributed by atoms with Gasteiger partial charge < -0.3 is 0 Å². The molecule has 5 fully saturated rings. The highest BCUT2D eigenvalue weighted by Crippen LogP contribution is 2.53. The zero-order chi connectivity index (χ0) is 21.7. The minimum Gasteiger partial charge on any atom is -0.283 e. The standard InChI is InChI=1S/C24H28N4O4/c29-21-17-13-1-2-14(9-13)18(17)22(30)27(21)11-25-5-7-26(8-6-25)12-28-23(31)19-15-3-4-16(10-15)20(19)24(28)32/h1-4,13-20H,5-12H2/t13-,14-,15+,16+,17-,18-,19-,20+/m0/s1. The van der Waals surface area contributed by atoms with E-state index in [9.17, 15) is 19.2 Å². The molecule has 4 amide bonds. The van der Waals surface area contributed by atoms with Crippen molar-refractivity contribution < 1.29 is 19.2 Å². The summed E-state index contributed by atoms with van der Waals surface area (Å²) in [6.45, 7) is 3.58. The van der Waals surface area contributed by atoms with E-state index in [0.717, 1.165) is 12.8 Å². The van der Waals surface area contributed by atoms with Gasteiger partial charge in [0.05, 0.1) is 37.0 Å². The van der Waals surface area contributed by atoms with Gasteiger partial charge in [0.2, 0.25) is 23.6 Å². The van der Waals surface area contributed by atoms with Crippen LogP contribution in [0, 0.1) is 47.3 Å². The van der Waals surface area contributed by atoms with E-state index in [1.165, 1.54) is 9.80 Å². The Bertz CT molecular complexity index is 844. The molecule has 8 nitrogen and oxygen atoms in total. The average Bonchev–Trinajstić information content (AvgIpc) is 3.62. The number of hydrogen-bond acceptors (Lipinski definition) is 6. The van der Waals surface area contributed by atoms with E-state index >= 15 is 0 Å². The number of hydrogen-bond donors (Lipinski definition) is 0. The molecule has 4 bridgehead atoms. The number of allylic oxidation sites excluding steroid dienone is 4. The Morgan fingerprint density at radius 1 is 0.531 bits per heavy atom. The third-order valence-corrected chi connectivity index (χ3v) is 9.27. The van der Waals surface area contributed by atoms with Gasteiger partial charge in [0.15, 0.2) is 0 Å². The lowest BCUT2D eigenvalue weighted by molar-refractivity contribution is -0.146. The topological polar surface area (TPSA) is 81.2 Å². The molecule has 3 saturated heterocycles. The van der Waals surface area contributed by atoms with Gasteiger partial charge >= 0.3 is 0 Å². The van der Waals surface area contributed by atoms with E-state index in [1.54, 1.807) is 0 Å². The third kappa shape index (κ3) is 2.45. The number of amides is 4. The molecular formula is C24H28N4O4. The second-order valence-corrected chi connectivity index (χ2v) is 10.7. The first-order valence-electron chi connectivity index (χ1n) is 12.0. The maximum Gasteiger partial charge on any atom is 0.234 e. The molecule has 0 aromatic rings. The fourth-order valence-electron chi connectivity index (χ4n) is 7.68. The summed E-state index contributed by atoms with van der Waals surface area (Å²) in [5.74, 6) is 0.394. The second-order valence-electron chi connectivity index (χ2n) is 10.7. The van der Waals surface area contributed by atoms with Crippen molar-refractivity contribution in [2.24, 2.45) is 47.3 Å². The molecule has 3 heterocycles. The van der Waals surface area contributed by atoms with Crippen molar-refractivity contribution in [3.8, 4) is 0 Å².